The van der Waals surface area contributed by atoms with E-state index in [0.29, 0.717) is 23.7 Å². The van der Waals surface area contributed by atoms with Crippen LogP contribution in [0.2, 0.25) is 0 Å². The Balaban J connectivity index is 0.000000575. The molecular weight excluding hydrogens is 418 g/mol. The molecule has 0 amide bonds. The summed E-state index contributed by atoms with van der Waals surface area (Å²) in [6, 6.07) is 11.9. The van der Waals surface area contributed by atoms with Gasteiger partial charge in [0, 0.05) is 23.7 Å². The second-order valence-electron chi connectivity index (χ2n) is 6.03. The van der Waals surface area contributed by atoms with Crippen LogP contribution in [0.15, 0.2) is 42.6 Å². The van der Waals surface area contributed by atoms with E-state index in [1.54, 1.807) is 28.4 Å². The van der Waals surface area contributed by atoms with Crippen LogP contribution < -0.4 is 23.6 Å². The number of hydrogen-bond donors (Lipinski definition) is 3. The summed E-state index contributed by atoms with van der Waals surface area (Å²) in [5, 5.41) is 2.07. The fourth-order valence-electron chi connectivity index (χ4n) is 2.81. The van der Waals surface area contributed by atoms with Crippen molar-refractivity contribution in [2.45, 2.75) is 6.42 Å². The molecule has 9 nitrogen and oxygen atoms in total. The zero-order chi connectivity index (χ0) is 22.3. The standard InChI is InChI=1S/C20H21NO4.ClH3O4/c1-22-17-6-5-13(8-18(17)23-2)7-16-9-14-10-19(24-3)20(25-4)11-15(14)12-21-16;2-1(3,4)5/h5-6,8-12H,7H2,1-4H3;2-4H. The molecule has 3 rings (SSSR count). The third-order valence-corrected chi connectivity index (χ3v) is 4.11. The normalized spacial score (nSPS) is 11.3. The van der Waals surface area contributed by atoms with E-state index in [-0.39, 0.29) is 0 Å². The Hall–Kier alpha value is -2.82. The van der Waals surface area contributed by atoms with Gasteiger partial charge in [0.05, 0.1) is 28.4 Å². The van der Waals surface area contributed by atoms with Gasteiger partial charge in [-0.05, 0) is 41.3 Å². The van der Waals surface area contributed by atoms with Crippen molar-refractivity contribution >= 4 is 10.8 Å². The van der Waals surface area contributed by atoms with Gasteiger partial charge in [-0.25, -0.2) is 0 Å². The monoisotopic (exact) mass is 441 g/mol. The van der Waals surface area contributed by atoms with E-state index in [9.17, 15) is 0 Å². The van der Waals surface area contributed by atoms with Gasteiger partial charge in [0.1, 0.15) is 0 Å². The van der Waals surface area contributed by atoms with Crippen molar-refractivity contribution in [1.29, 1.82) is 0 Å². The van der Waals surface area contributed by atoms with E-state index >= 15 is 0 Å². The summed E-state index contributed by atoms with van der Waals surface area (Å²) in [6.07, 6.45) is 2.55. The maximum atomic E-state index is 8.83. The molecule has 1 aromatic heterocycles. The number of pyridine rings is 1. The first-order chi connectivity index (χ1) is 14.2. The van der Waals surface area contributed by atoms with Gasteiger partial charge in [-0.3, -0.25) is 4.98 Å². The van der Waals surface area contributed by atoms with Crippen LogP contribution in [-0.2, 0) is 6.42 Å². The zero-order valence-corrected chi connectivity index (χ0v) is 17.7. The number of fused-ring (bicyclic) bond motifs is 1. The number of methoxy groups -OCH3 is 4. The molecule has 0 bridgehead atoms. The van der Waals surface area contributed by atoms with E-state index < -0.39 is 10.2 Å². The molecule has 0 radical (unpaired) electrons. The van der Waals surface area contributed by atoms with Gasteiger partial charge < -0.3 is 18.9 Å². The quantitative estimate of drug-likeness (QED) is 0.512. The summed E-state index contributed by atoms with van der Waals surface area (Å²) >= 11 is 0. The third kappa shape index (κ3) is 6.61. The van der Waals surface area contributed by atoms with Crippen molar-refractivity contribution in [2.24, 2.45) is 0 Å². The van der Waals surface area contributed by atoms with Crippen LogP contribution >= 0.6 is 0 Å². The summed E-state index contributed by atoms with van der Waals surface area (Å²) in [5.74, 6) is 2.84. The number of nitrogens with zero attached hydrogens (tertiary/aromatic N) is 1. The molecule has 2 aromatic carbocycles. The molecule has 0 aliphatic heterocycles. The van der Waals surface area contributed by atoms with Crippen LogP contribution in [-0.4, -0.2) is 47.4 Å². The van der Waals surface area contributed by atoms with Gasteiger partial charge >= 0.3 is 28.9 Å². The predicted molar refractivity (Wildman–Crippen MR) is 104 cm³/mol. The number of rotatable bonds is 6. The van der Waals surface area contributed by atoms with Crippen LogP contribution in [0.4, 0.5) is 0 Å². The Morgan fingerprint density at radius 2 is 1.27 bits per heavy atom. The third-order valence-electron chi connectivity index (χ3n) is 4.11. The summed E-state index contributed by atoms with van der Waals surface area (Å²) in [4.78, 5) is 4.56. The Labute approximate surface area is 175 Å². The van der Waals surface area contributed by atoms with Crippen LogP contribution in [0.1, 0.15) is 11.3 Å². The van der Waals surface area contributed by atoms with E-state index in [1.165, 1.54) is 0 Å². The Kier molecular flexibility index (Phi) is 8.04. The number of hydrogen-bond acceptors (Lipinski definition) is 9. The maximum absolute atomic E-state index is 8.83. The van der Waals surface area contributed by atoms with Gasteiger partial charge in [-0.15, -0.1) is 0 Å². The van der Waals surface area contributed by atoms with Crippen LogP contribution in [0.3, 0.4) is 0 Å². The van der Waals surface area contributed by atoms with Gasteiger partial charge in [0.15, 0.2) is 23.0 Å². The van der Waals surface area contributed by atoms with Crippen LogP contribution in [0.5, 0.6) is 23.0 Å². The molecule has 0 saturated heterocycles. The summed E-state index contributed by atoms with van der Waals surface area (Å²) in [5.41, 5.74) is 2.07. The fourth-order valence-corrected chi connectivity index (χ4v) is 2.81. The molecule has 0 spiro atoms. The molecule has 10 heteroatoms. The Morgan fingerprint density at radius 3 is 1.80 bits per heavy atom. The van der Waals surface area contributed by atoms with Crippen molar-refractivity contribution in [3.8, 4) is 23.0 Å². The van der Waals surface area contributed by atoms with Crippen LogP contribution in [0, 0.1) is 10.2 Å². The minimum atomic E-state index is -4.19. The SMILES string of the molecule is COc1ccc(Cc2cc3cc(OC)c(OC)cc3cn2)cc1OC.[O-][Cl+](O)(O)O. The molecule has 0 aliphatic carbocycles. The molecule has 0 atom stereocenters. The molecule has 0 aliphatic rings. The molecule has 0 unspecified atom stereocenters. The predicted octanol–water partition coefficient (Wildman–Crippen LogP) is 1.000. The Bertz CT molecular complexity index is 984. The van der Waals surface area contributed by atoms with Crippen molar-refractivity contribution in [3.63, 3.8) is 0 Å². The molecule has 30 heavy (non-hydrogen) atoms. The van der Waals surface area contributed by atoms with Crippen molar-refractivity contribution < 1.29 is 47.8 Å². The van der Waals surface area contributed by atoms with Gasteiger partial charge in [0.25, 0.3) is 0 Å². The van der Waals surface area contributed by atoms with Gasteiger partial charge in [-0.2, -0.15) is 0 Å². The summed E-state index contributed by atoms with van der Waals surface area (Å²) in [6.45, 7) is 0. The molecule has 3 N–H and O–H groups in total. The van der Waals surface area contributed by atoms with E-state index in [0.717, 1.165) is 27.8 Å². The molecular formula is C20H24ClNO8. The Morgan fingerprint density at radius 1 is 0.767 bits per heavy atom. The number of benzene rings is 2. The molecule has 164 valence electrons. The summed E-state index contributed by atoms with van der Waals surface area (Å²) in [7, 11) is 2.33. The van der Waals surface area contributed by atoms with Crippen molar-refractivity contribution in [3.05, 3.63) is 53.9 Å². The number of ether oxygens (including phenoxy) is 4. The van der Waals surface area contributed by atoms with Crippen molar-refractivity contribution in [1.82, 2.24) is 4.98 Å². The van der Waals surface area contributed by atoms with E-state index in [1.807, 2.05) is 36.5 Å². The average molecular weight is 442 g/mol. The van der Waals surface area contributed by atoms with Gasteiger partial charge in [0.2, 0.25) is 0 Å². The minimum absolute atomic E-state index is 0.699. The summed E-state index contributed by atoms with van der Waals surface area (Å²) < 4.78 is 51.6. The zero-order valence-electron chi connectivity index (χ0n) is 17.0. The second kappa shape index (κ2) is 10.3. The number of aromatic nitrogens is 1. The average Bonchev–Trinajstić information content (AvgIpc) is 2.71. The number of halogens is 1. The first-order valence-electron chi connectivity index (χ1n) is 8.56. The first-order valence-corrected chi connectivity index (χ1v) is 9.88. The second-order valence-corrected chi connectivity index (χ2v) is 6.90. The first kappa shape index (κ1) is 23.5. The van der Waals surface area contributed by atoms with Gasteiger partial charge in [-0.1, -0.05) is 6.07 Å². The molecule has 0 fully saturated rings. The van der Waals surface area contributed by atoms with E-state index in [2.05, 4.69) is 11.1 Å². The molecule has 0 saturated carbocycles. The van der Waals surface area contributed by atoms with Crippen molar-refractivity contribution in [2.75, 3.05) is 28.4 Å². The fraction of sp³-hybridized carbons (Fsp3) is 0.250. The van der Waals surface area contributed by atoms with Crippen LogP contribution in [0.25, 0.3) is 10.8 Å². The van der Waals surface area contributed by atoms with E-state index in [4.69, 9.17) is 37.6 Å². The molecule has 1 heterocycles. The topological polar surface area (TPSA) is 134 Å². The molecule has 3 aromatic rings.